The molecule has 1 aliphatic heterocycles. The molecule has 0 aromatic heterocycles. The number of rotatable bonds is 6. The molecule has 11 heteroatoms. The van der Waals surface area contributed by atoms with E-state index >= 15 is 0 Å². The van der Waals surface area contributed by atoms with Gasteiger partial charge < -0.3 is 15.0 Å². The third kappa shape index (κ3) is 7.40. The van der Waals surface area contributed by atoms with Crippen molar-refractivity contribution in [2.75, 3.05) is 57.7 Å². The average molecular weight is 497 g/mol. The molecule has 1 aliphatic rings. The molecule has 0 saturated carbocycles. The van der Waals surface area contributed by atoms with Gasteiger partial charge in [-0.05, 0) is 13.8 Å². The fraction of sp³-hybridized carbons (Fsp3) is 0.923. The van der Waals surface area contributed by atoms with Gasteiger partial charge in [-0.15, -0.1) is 24.0 Å². The molecule has 1 fully saturated rings. The van der Waals surface area contributed by atoms with Crippen LogP contribution in [0.15, 0.2) is 4.99 Å². The molecule has 0 radical (unpaired) electrons. The van der Waals surface area contributed by atoms with Crippen molar-refractivity contribution in [2.24, 2.45) is 4.99 Å². The van der Waals surface area contributed by atoms with Crippen LogP contribution in [0.2, 0.25) is 0 Å². The van der Waals surface area contributed by atoms with Crippen LogP contribution in [-0.2, 0) is 24.4 Å². The highest BCUT2D eigenvalue weighted by molar-refractivity contribution is 14.0. The van der Waals surface area contributed by atoms with Crippen molar-refractivity contribution < 1.29 is 21.6 Å². The first kappa shape index (κ1) is 23.9. The first-order valence-electron chi connectivity index (χ1n) is 7.42. The Morgan fingerprint density at radius 1 is 1.33 bits per heavy atom. The molecule has 1 saturated heterocycles. The maximum Gasteiger partial charge on any atom is 0.193 e. The molecule has 0 atom stereocenters. The van der Waals surface area contributed by atoms with Gasteiger partial charge in [0, 0.05) is 32.9 Å². The lowest BCUT2D eigenvalue weighted by Crippen LogP contribution is -2.57. The second-order valence-corrected chi connectivity index (χ2v) is 11.2. The number of sulfone groups is 2. The lowest BCUT2D eigenvalue weighted by Gasteiger charge is -2.39. The van der Waals surface area contributed by atoms with Crippen molar-refractivity contribution >= 4 is 49.6 Å². The van der Waals surface area contributed by atoms with Crippen molar-refractivity contribution in [1.82, 2.24) is 10.2 Å². The van der Waals surface area contributed by atoms with Crippen LogP contribution in [0.3, 0.4) is 0 Å². The standard InChI is InChI=1S/C13H27N3O5S2.HI/c1-13(2)11-16(6-9-23(13,19)20)12(14-3)15-5-7-21-8-10-22(4,17)18;/h5-11H2,1-4H3,(H,14,15);1H. The molecule has 1 rings (SSSR count). The van der Waals surface area contributed by atoms with E-state index in [1.807, 2.05) is 4.90 Å². The summed E-state index contributed by atoms with van der Waals surface area (Å²) < 4.78 is 50.4. The summed E-state index contributed by atoms with van der Waals surface area (Å²) in [5.74, 6) is 0.727. The normalized spacial score (nSPS) is 20.3. The number of hydrogen-bond donors (Lipinski definition) is 1. The second kappa shape index (κ2) is 9.53. The van der Waals surface area contributed by atoms with Crippen molar-refractivity contribution in [3.05, 3.63) is 0 Å². The Balaban J connectivity index is 0.00000529. The average Bonchev–Trinajstić information content (AvgIpc) is 2.40. The minimum absolute atomic E-state index is 0. The van der Waals surface area contributed by atoms with E-state index in [4.69, 9.17) is 4.74 Å². The Hall–Kier alpha value is -0.140. The molecule has 144 valence electrons. The molecule has 0 bridgehead atoms. The Bertz CT molecular complexity index is 632. The molecule has 1 heterocycles. The maximum atomic E-state index is 12.0. The van der Waals surface area contributed by atoms with Gasteiger partial charge in [0.15, 0.2) is 15.8 Å². The summed E-state index contributed by atoms with van der Waals surface area (Å²) in [4.78, 5) is 6.08. The van der Waals surface area contributed by atoms with Crippen LogP contribution >= 0.6 is 24.0 Å². The van der Waals surface area contributed by atoms with E-state index in [2.05, 4.69) is 10.3 Å². The molecule has 0 spiro atoms. The number of hydrogen-bond acceptors (Lipinski definition) is 6. The zero-order valence-corrected chi connectivity index (χ0v) is 18.6. The number of aliphatic imine (C=N–C) groups is 1. The van der Waals surface area contributed by atoms with E-state index in [1.165, 1.54) is 6.26 Å². The Morgan fingerprint density at radius 3 is 2.46 bits per heavy atom. The maximum absolute atomic E-state index is 12.0. The van der Waals surface area contributed by atoms with Crippen LogP contribution in [0.25, 0.3) is 0 Å². The van der Waals surface area contributed by atoms with Crippen LogP contribution in [0.4, 0.5) is 0 Å². The van der Waals surface area contributed by atoms with Crippen LogP contribution < -0.4 is 5.32 Å². The summed E-state index contributed by atoms with van der Waals surface area (Å²) in [7, 11) is -4.45. The molecular weight excluding hydrogens is 469 g/mol. The summed E-state index contributed by atoms with van der Waals surface area (Å²) >= 11 is 0. The third-order valence-corrected chi connectivity index (χ3v) is 7.12. The Labute approximate surface area is 162 Å². The minimum Gasteiger partial charge on any atom is -0.379 e. The molecule has 0 unspecified atom stereocenters. The molecule has 1 N–H and O–H groups in total. The zero-order valence-electron chi connectivity index (χ0n) is 14.6. The molecular formula is C13H28IN3O5S2. The summed E-state index contributed by atoms with van der Waals surface area (Å²) in [6.07, 6.45) is 1.17. The number of halogens is 1. The van der Waals surface area contributed by atoms with E-state index in [-0.39, 0.29) is 42.1 Å². The number of guanidine groups is 1. The van der Waals surface area contributed by atoms with Gasteiger partial charge in [0.2, 0.25) is 0 Å². The predicted molar refractivity (Wildman–Crippen MR) is 107 cm³/mol. The zero-order chi connectivity index (χ0) is 17.7. The van der Waals surface area contributed by atoms with Gasteiger partial charge in [0.05, 0.1) is 29.5 Å². The van der Waals surface area contributed by atoms with E-state index in [0.717, 1.165) is 0 Å². The van der Waals surface area contributed by atoms with Crippen molar-refractivity contribution in [2.45, 2.75) is 18.6 Å². The van der Waals surface area contributed by atoms with Crippen molar-refractivity contribution in [3.8, 4) is 0 Å². The van der Waals surface area contributed by atoms with Gasteiger partial charge in [-0.1, -0.05) is 0 Å². The van der Waals surface area contributed by atoms with Gasteiger partial charge in [-0.3, -0.25) is 4.99 Å². The van der Waals surface area contributed by atoms with Gasteiger partial charge in [0.1, 0.15) is 9.84 Å². The second-order valence-electron chi connectivity index (χ2n) is 6.22. The van der Waals surface area contributed by atoms with Crippen LogP contribution in [0.1, 0.15) is 13.8 Å². The minimum atomic E-state index is -3.09. The van der Waals surface area contributed by atoms with Crippen LogP contribution in [0, 0.1) is 0 Å². The van der Waals surface area contributed by atoms with Gasteiger partial charge in [0.25, 0.3) is 0 Å². The summed E-state index contributed by atoms with van der Waals surface area (Å²) in [6, 6.07) is 0. The number of nitrogens with one attached hydrogen (secondary N) is 1. The van der Waals surface area contributed by atoms with E-state index < -0.39 is 24.4 Å². The molecule has 0 aromatic carbocycles. The van der Waals surface area contributed by atoms with E-state index in [1.54, 1.807) is 20.9 Å². The highest BCUT2D eigenvalue weighted by Gasteiger charge is 2.40. The van der Waals surface area contributed by atoms with Crippen LogP contribution in [0.5, 0.6) is 0 Å². The van der Waals surface area contributed by atoms with Gasteiger partial charge in [-0.2, -0.15) is 0 Å². The van der Waals surface area contributed by atoms with Crippen LogP contribution in [-0.4, -0.2) is 90.1 Å². The van der Waals surface area contributed by atoms with Crippen molar-refractivity contribution in [1.29, 1.82) is 0 Å². The molecule has 24 heavy (non-hydrogen) atoms. The molecule has 0 aliphatic carbocycles. The fourth-order valence-corrected chi connectivity index (χ4v) is 3.99. The predicted octanol–water partition coefficient (Wildman–Crippen LogP) is -0.250. The highest BCUT2D eigenvalue weighted by Crippen LogP contribution is 2.23. The SMILES string of the molecule is CN=C(NCCOCCS(C)(=O)=O)N1CCS(=O)(=O)C(C)(C)C1.I. The summed E-state index contributed by atoms with van der Waals surface area (Å²) in [6.45, 7) is 5.20. The third-order valence-electron chi connectivity index (χ3n) is 3.68. The molecule has 0 amide bonds. The summed E-state index contributed by atoms with van der Waals surface area (Å²) in [5.41, 5.74) is 0. The highest BCUT2D eigenvalue weighted by atomic mass is 127. The topological polar surface area (TPSA) is 105 Å². The van der Waals surface area contributed by atoms with Gasteiger partial charge in [-0.25, -0.2) is 16.8 Å². The van der Waals surface area contributed by atoms with E-state index in [9.17, 15) is 16.8 Å². The lowest BCUT2D eigenvalue weighted by molar-refractivity contribution is 0.153. The first-order chi connectivity index (χ1) is 10.5. The smallest absolute Gasteiger partial charge is 0.193 e. The largest absolute Gasteiger partial charge is 0.379 e. The molecule has 0 aromatic rings. The van der Waals surface area contributed by atoms with E-state index in [0.29, 0.717) is 32.2 Å². The number of nitrogens with zero attached hydrogens (tertiary/aromatic N) is 2. The molecule has 8 nitrogen and oxygen atoms in total. The fourth-order valence-electron chi connectivity index (χ4n) is 2.20. The Kier molecular flexibility index (Phi) is 9.47. The Morgan fingerprint density at radius 2 is 1.96 bits per heavy atom. The quantitative estimate of drug-likeness (QED) is 0.234. The number of ether oxygens (including phenoxy) is 1. The van der Waals surface area contributed by atoms with Crippen molar-refractivity contribution in [3.63, 3.8) is 0 Å². The lowest BCUT2D eigenvalue weighted by atomic mass is 10.2. The summed E-state index contributed by atoms with van der Waals surface area (Å²) in [5, 5.41) is 3.11. The monoisotopic (exact) mass is 497 g/mol. The van der Waals surface area contributed by atoms with Gasteiger partial charge >= 0.3 is 0 Å². The first-order valence-corrected chi connectivity index (χ1v) is 11.1.